The summed E-state index contributed by atoms with van der Waals surface area (Å²) in [6.45, 7) is 3.55. The molecule has 0 bridgehead atoms. The number of piperidine rings is 1. The van der Waals surface area contributed by atoms with Crippen LogP contribution in [0.3, 0.4) is 0 Å². The van der Waals surface area contributed by atoms with Gasteiger partial charge in [-0.1, -0.05) is 11.6 Å². The van der Waals surface area contributed by atoms with Crippen LogP contribution in [-0.2, 0) is 4.79 Å². The van der Waals surface area contributed by atoms with Gasteiger partial charge in [0.15, 0.2) is 5.13 Å². The molecular formula is C18H22Cl2N4O2S. The third kappa shape index (κ3) is 4.85. The van der Waals surface area contributed by atoms with Crippen LogP contribution in [0.25, 0.3) is 0 Å². The molecule has 0 radical (unpaired) electrons. The van der Waals surface area contributed by atoms with Crippen molar-refractivity contribution < 1.29 is 9.53 Å². The molecule has 0 aliphatic carbocycles. The van der Waals surface area contributed by atoms with Gasteiger partial charge in [0.05, 0.1) is 18.8 Å². The summed E-state index contributed by atoms with van der Waals surface area (Å²) in [6.07, 6.45) is 4.15. The molecule has 0 spiro atoms. The summed E-state index contributed by atoms with van der Waals surface area (Å²) in [5.41, 5.74) is 0.855. The quantitative estimate of drug-likeness (QED) is 0.779. The normalized spacial score (nSPS) is 16.9. The van der Waals surface area contributed by atoms with E-state index in [1.807, 2.05) is 23.2 Å². The first-order valence-electron chi connectivity index (χ1n) is 8.82. The molecule has 1 aromatic heterocycles. The molecule has 1 aromatic carbocycles. The van der Waals surface area contributed by atoms with Gasteiger partial charge >= 0.3 is 0 Å². The molecule has 0 atom stereocenters. The Labute approximate surface area is 173 Å². The molecule has 1 amide bonds. The molecule has 2 aliphatic rings. The first-order valence-corrected chi connectivity index (χ1v) is 10.0. The van der Waals surface area contributed by atoms with E-state index in [4.69, 9.17) is 16.3 Å². The van der Waals surface area contributed by atoms with E-state index < -0.39 is 0 Å². The highest BCUT2D eigenvalue weighted by Gasteiger charge is 2.22. The maximum absolute atomic E-state index is 12.5. The molecule has 27 heavy (non-hydrogen) atoms. The van der Waals surface area contributed by atoms with Gasteiger partial charge in [-0.3, -0.25) is 4.79 Å². The third-order valence-corrected chi connectivity index (χ3v) is 6.04. The summed E-state index contributed by atoms with van der Waals surface area (Å²) in [5, 5.41) is 7.60. The summed E-state index contributed by atoms with van der Waals surface area (Å²) in [7, 11) is 0. The number of carbonyl (C=O) groups is 1. The summed E-state index contributed by atoms with van der Waals surface area (Å²) < 4.78 is 5.63. The van der Waals surface area contributed by atoms with Crippen molar-refractivity contribution in [3.63, 3.8) is 0 Å². The molecular weight excluding hydrogens is 407 g/mol. The zero-order chi connectivity index (χ0) is 17.9. The van der Waals surface area contributed by atoms with Crippen molar-refractivity contribution in [2.24, 2.45) is 0 Å². The van der Waals surface area contributed by atoms with Crippen LogP contribution in [0.15, 0.2) is 24.4 Å². The van der Waals surface area contributed by atoms with Crippen molar-refractivity contribution in [1.29, 1.82) is 0 Å². The van der Waals surface area contributed by atoms with Crippen molar-refractivity contribution in [3.8, 4) is 5.75 Å². The number of rotatable bonds is 4. The Hall–Kier alpha value is -1.54. The number of carbonyl (C=O) groups excluding carboxylic acids is 1. The minimum Gasteiger partial charge on any atom is -0.490 e. The lowest BCUT2D eigenvalue weighted by Crippen LogP contribution is -2.38. The Bertz CT molecular complexity index is 795. The minimum absolute atomic E-state index is 0. The largest absolute Gasteiger partial charge is 0.490 e. The van der Waals surface area contributed by atoms with E-state index in [0.717, 1.165) is 37.4 Å². The third-order valence-electron chi connectivity index (χ3n) is 4.73. The second-order valence-corrected chi connectivity index (χ2v) is 8.02. The van der Waals surface area contributed by atoms with E-state index in [-0.39, 0.29) is 24.9 Å². The summed E-state index contributed by atoms with van der Waals surface area (Å²) in [4.78, 5) is 20.1. The Kier molecular flexibility index (Phi) is 6.81. The average molecular weight is 429 g/mol. The van der Waals surface area contributed by atoms with Gasteiger partial charge in [0.2, 0.25) is 5.91 Å². The molecule has 2 aromatic rings. The number of amides is 1. The van der Waals surface area contributed by atoms with E-state index in [2.05, 4.69) is 15.6 Å². The predicted molar refractivity (Wildman–Crippen MR) is 112 cm³/mol. The Morgan fingerprint density at radius 1 is 1.41 bits per heavy atom. The highest BCUT2D eigenvalue weighted by molar-refractivity contribution is 7.15. The molecule has 2 N–H and O–H groups in total. The fraction of sp³-hybridized carbons (Fsp3) is 0.444. The Morgan fingerprint density at radius 3 is 3.04 bits per heavy atom. The fourth-order valence-electron chi connectivity index (χ4n) is 3.38. The molecule has 4 rings (SSSR count). The predicted octanol–water partition coefficient (Wildman–Crippen LogP) is 3.52. The molecule has 2 aliphatic heterocycles. The average Bonchev–Trinajstić information content (AvgIpc) is 3.11. The molecule has 6 nitrogen and oxygen atoms in total. The first-order chi connectivity index (χ1) is 12.7. The number of nitrogens with zero attached hydrogens (tertiary/aromatic N) is 2. The van der Waals surface area contributed by atoms with Gasteiger partial charge in [-0.25, -0.2) is 4.98 Å². The number of ether oxygens (including phenoxy) is 1. The van der Waals surface area contributed by atoms with Gasteiger partial charge in [0, 0.05) is 16.1 Å². The smallest absolute Gasteiger partial charge is 0.245 e. The van der Waals surface area contributed by atoms with Crippen LogP contribution in [0.2, 0.25) is 5.02 Å². The van der Waals surface area contributed by atoms with Crippen LogP contribution in [-0.4, -0.2) is 43.7 Å². The second-order valence-electron chi connectivity index (χ2n) is 6.52. The number of anilines is 2. The lowest BCUT2D eigenvalue weighted by atomic mass is 9.97. The van der Waals surface area contributed by atoms with Gasteiger partial charge < -0.3 is 20.3 Å². The van der Waals surface area contributed by atoms with Crippen molar-refractivity contribution in [1.82, 2.24) is 10.3 Å². The number of hydrogen-bond acceptors (Lipinski definition) is 6. The molecule has 9 heteroatoms. The Morgan fingerprint density at radius 2 is 2.22 bits per heavy atom. The van der Waals surface area contributed by atoms with E-state index in [0.29, 0.717) is 29.2 Å². The number of nitrogens with one attached hydrogen (secondary N) is 2. The number of thiazole rings is 1. The van der Waals surface area contributed by atoms with Crippen molar-refractivity contribution in [2.45, 2.75) is 18.8 Å². The van der Waals surface area contributed by atoms with E-state index in [9.17, 15) is 4.79 Å². The molecule has 146 valence electrons. The SMILES string of the molecule is Cl.O=C(CN1CCOc2ccc(Cl)cc21)Nc1ncc(C2CCNCC2)s1. The summed E-state index contributed by atoms with van der Waals surface area (Å²) >= 11 is 7.67. The second kappa shape index (κ2) is 9.10. The van der Waals surface area contributed by atoms with Crippen LogP contribution in [0.5, 0.6) is 5.75 Å². The van der Waals surface area contributed by atoms with Gasteiger partial charge in [-0.05, 0) is 50.0 Å². The van der Waals surface area contributed by atoms with Crippen LogP contribution >= 0.6 is 35.3 Å². The molecule has 1 saturated heterocycles. The fourth-order valence-corrected chi connectivity index (χ4v) is 4.55. The summed E-state index contributed by atoms with van der Waals surface area (Å²) in [5.74, 6) is 1.23. The van der Waals surface area contributed by atoms with E-state index in [1.165, 1.54) is 4.88 Å². The maximum atomic E-state index is 12.5. The lowest BCUT2D eigenvalue weighted by molar-refractivity contribution is -0.115. The van der Waals surface area contributed by atoms with Crippen molar-refractivity contribution in [3.05, 3.63) is 34.3 Å². The van der Waals surface area contributed by atoms with Crippen LogP contribution in [0.4, 0.5) is 10.8 Å². The van der Waals surface area contributed by atoms with Crippen LogP contribution in [0.1, 0.15) is 23.6 Å². The molecule has 0 unspecified atom stereocenters. The highest BCUT2D eigenvalue weighted by Crippen LogP contribution is 2.34. The van der Waals surface area contributed by atoms with Crippen LogP contribution < -0.4 is 20.3 Å². The molecule has 3 heterocycles. The first kappa shape index (κ1) is 20.2. The maximum Gasteiger partial charge on any atom is 0.245 e. The highest BCUT2D eigenvalue weighted by atomic mass is 35.5. The van der Waals surface area contributed by atoms with Crippen molar-refractivity contribution in [2.75, 3.05) is 43.0 Å². The van der Waals surface area contributed by atoms with E-state index >= 15 is 0 Å². The van der Waals surface area contributed by atoms with Gasteiger partial charge in [0.25, 0.3) is 0 Å². The van der Waals surface area contributed by atoms with Gasteiger partial charge in [0.1, 0.15) is 12.4 Å². The number of hydrogen-bond donors (Lipinski definition) is 2. The van der Waals surface area contributed by atoms with E-state index in [1.54, 1.807) is 17.4 Å². The van der Waals surface area contributed by atoms with Gasteiger partial charge in [-0.15, -0.1) is 23.7 Å². The monoisotopic (exact) mass is 428 g/mol. The number of benzene rings is 1. The van der Waals surface area contributed by atoms with Gasteiger partial charge in [-0.2, -0.15) is 0 Å². The molecule has 0 saturated carbocycles. The number of aromatic nitrogens is 1. The Balaban J connectivity index is 0.00000210. The standard InChI is InChI=1S/C18H21ClN4O2S.ClH/c19-13-1-2-15-14(9-13)23(7-8-25-15)11-17(24)22-18-21-10-16(26-18)12-3-5-20-6-4-12;/h1-2,9-10,12,20H,3-8,11H2,(H,21,22,24);1H. The zero-order valence-electron chi connectivity index (χ0n) is 14.7. The zero-order valence-corrected chi connectivity index (χ0v) is 17.1. The summed E-state index contributed by atoms with van der Waals surface area (Å²) in [6, 6.07) is 5.47. The number of fused-ring (bicyclic) bond motifs is 1. The lowest BCUT2D eigenvalue weighted by Gasteiger charge is -2.30. The molecule has 1 fully saturated rings. The topological polar surface area (TPSA) is 66.5 Å². The van der Waals surface area contributed by atoms with Crippen molar-refractivity contribution >= 4 is 52.1 Å². The number of halogens is 2. The minimum atomic E-state index is -0.0796. The van der Waals surface area contributed by atoms with Crippen LogP contribution in [0, 0.1) is 0 Å².